The van der Waals surface area contributed by atoms with Crippen LogP contribution >= 0.6 is 0 Å². The van der Waals surface area contributed by atoms with Gasteiger partial charge in [-0.25, -0.2) is 8.42 Å². The van der Waals surface area contributed by atoms with Crippen molar-refractivity contribution in [1.29, 1.82) is 0 Å². The van der Waals surface area contributed by atoms with Gasteiger partial charge in [0.2, 0.25) is 5.09 Å². The van der Waals surface area contributed by atoms with E-state index >= 15 is 0 Å². The third kappa shape index (κ3) is 4.47. The predicted octanol–water partition coefficient (Wildman–Crippen LogP) is 3.71. The highest BCUT2D eigenvalue weighted by Crippen LogP contribution is 2.34. The summed E-state index contributed by atoms with van der Waals surface area (Å²) in [4.78, 5) is 2.40. The molecule has 1 unspecified atom stereocenters. The molecule has 0 bridgehead atoms. The monoisotopic (exact) mass is 368 g/mol. The first kappa shape index (κ1) is 18.9. The number of hydrogen-bond donors (Lipinski definition) is 0. The Morgan fingerprint density at radius 1 is 1.04 bits per heavy atom. The predicted molar refractivity (Wildman–Crippen MR) is 98.8 cm³/mol. The van der Waals surface area contributed by atoms with Crippen LogP contribution < -0.4 is 0 Å². The van der Waals surface area contributed by atoms with Gasteiger partial charge in [0.05, 0.1) is 6.54 Å². The van der Waals surface area contributed by atoms with Crippen molar-refractivity contribution in [3.8, 4) is 0 Å². The van der Waals surface area contributed by atoms with Crippen LogP contribution in [0.25, 0.3) is 0 Å². The van der Waals surface area contributed by atoms with Crippen LogP contribution in [0.4, 0.5) is 0 Å². The van der Waals surface area contributed by atoms with E-state index in [2.05, 4.69) is 25.7 Å². The van der Waals surface area contributed by atoms with E-state index in [0.717, 1.165) is 37.6 Å². The lowest BCUT2D eigenvalue weighted by molar-refractivity contribution is 0.201. The Kier molecular flexibility index (Phi) is 5.61. The van der Waals surface area contributed by atoms with Crippen molar-refractivity contribution in [3.05, 3.63) is 17.9 Å². The van der Waals surface area contributed by atoms with Gasteiger partial charge in [0, 0.05) is 13.1 Å². The van der Waals surface area contributed by atoms with Crippen LogP contribution in [0.5, 0.6) is 0 Å². The molecule has 0 amide bonds. The second-order valence-corrected chi connectivity index (χ2v) is 10.5. The molecule has 0 spiro atoms. The highest BCUT2D eigenvalue weighted by molar-refractivity contribution is 7.89. The molecule has 1 atom stereocenters. The molecule has 2 saturated heterocycles. The normalized spacial score (nSPS) is 24.5. The molecule has 5 nitrogen and oxygen atoms in total. The number of hydrogen-bond acceptors (Lipinski definition) is 4. The molecule has 0 radical (unpaired) electrons. The van der Waals surface area contributed by atoms with Crippen molar-refractivity contribution in [2.45, 2.75) is 64.5 Å². The van der Waals surface area contributed by atoms with Gasteiger partial charge < -0.3 is 4.42 Å². The average molecular weight is 369 g/mol. The minimum atomic E-state index is -3.45. The van der Waals surface area contributed by atoms with E-state index in [4.69, 9.17) is 4.42 Å². The Hall–Kier alpha value is -0.850. The summed E-state index contributed by atoms with van der Waals surface area (Å²) in [6, 6.07) is 3.45. The first-order valence-electron chi connectivity index (χ1n) is 9.58. The summed E-state index contributed by atoms with van der Waals surface area (Å²) < 4.78 is 32.4. The second-order valence-electron chi connectivity index (χ2n) is 8.60. The number of sulfonamides is 1. The number of nitrogens with zero attached hydrogens (tertiary/aromatic N) is 2. The Balaban J connectivity index is 1.62. The molecule has 2 fully saturated rings. The summed E-state index contributed by atoms with van der Waals surface area (Å²) in [6.07, 6.45) is 5.54. The van der Waals surface area contributed by atoms with Crippen molar-refractivity contribution in [3.63, 3.8) is 0 Å². The molecule has 6 heteroatoms. The Labute approximate surface area is 152 Å². The Morgan fingerprint density at radius 3 is 2.44 bits per heavy atom. The van der Waals surface area contributed by atoms with Crippen LogP contribution in [0.15, 0.2) is 21.6 Å². The highest BCUT2D eigenvalue weighted by Gasteiger charge is 2.31. The highest BCUT2D eigenvalue weighted by atomic mass is 32.2. The van der Waals surface area contributed by atoms with Crippen LogP contribution in [0, 0.1) is 11.3 Å². The van der Waals surface area contributed by atoms with E-state index in [1.807, 2.05) is 6.07 Å². The molecule has 1 aromatic heterocycles. The van der Waals surface area contributed by atoms with Crippen LogP contribution in [0.1, 0.15) is 58.6 Å². The molecule has 0 aromatic carbocycles. The van der Waals surface area contributed by atoms with E-state index in [0.29, 0.717) is 25.0 Å². The van der Waals surface area contributed by atoms with Gasteiger partial charge in [0.1, 0.15) is 5.76 Å². The van der Waals surface area contributed by atoms with Crippen LogP contribution in [-0.4, -0.2) is 43.8 Å². The van der Waals surface area contributed by atoms with Gasteiger partial charge in [0.15, 0.2) is 0 Å². The van der Waals surface area contributed by atoms with E-state index < -0.39 is 10.0 Å². The summed E-state index contributed by atoms with van der Waals surface area (Å²) >= 11 is 0. The van der Waals surface area contributed by atoms with E-state index in [9.17, 15) is 8.42 Å². The topological polar surface area (TPSA) is 53.8 Å². The minimum Gasteiger partial charge on any atom is -0.447 e. The van der Waals surface area contributed by atoms with Gasteiger partial charge in [-0.1, -0.05) is 20.8 Å². The number of likely N-dealkylation sites (tertiary alicyclic amines) is 1. The molecule has 2 aliphatic heterocycles. The largest absolute Gasteiger partial charge is 0.447 e. The van der Waals surface area contributed by atoms with Gasteiger partial charge in [-0.3, -0.25) is 4.90 Å². The SMILES string of the molecule is CC(C)(C)C1CCCN(Cc2ccc(S(=O)(=O)N3CCCC3)o2)CC1. The first-order valence-corrected chi connectivity index (χ1v) is 11.0. The lowest BCUT2D eigenvalue weighted by Crippen LogP contribution is -2.27. The standard InChI is InChI=1S/C19H32N2O3S/c1-19(2,3)16-7-6-11-20(14-10-16)15-17-8-9-18(24-17)25(22,23)21-12-4-5-13-21/h8-9,16H,4-7,10-15H2,1-3H3. The van der Waals surface area contributed by atoms with Gasteiger partial charge in [-0.15, -0.1) is 0 Å². The summed E-state index contributed by atoms with van der Waals surface area (Å²) in [7, 11) is -3.45. The second kappa shape index (κ2) is 7.41. The maximum absolute atomic E-state index is 12.6. The molecule has 2 aliphatic rings. The maximum atomic E-state index is 12.6. The minimum absolute atomic E-state index is 0.104. The molecule has 142 valence electrons. The van der Waals surface area contributed by atoms with Gasteiger partial charge >= 0.3 is 0 Å². The van der Waals surface area contributed by atoms with Crippen LogP contribution in [0.2, 0.25) is 0 Å². The lowest BCUT2D eigenvalue weighted by Gasteiger charge is -2.29. The Bertz CT molecular complexity index is 669. The molecule has 25 heavy (non-hydrogen) atoms. The fourth-order valence-corrected chi connectivity index (χ4v) is 5.48. The molecule has 3 rings (SSSR count). The quantitative estimate of drug-likeness (QED) is 0.813. The average Bonchev–Trinajstić information content (AvgIpc) is 3.16. The molecular formula is C19H32N2O3S. The first-order chi connectivity index (χ1) is 11.8. The van der Waals surface area contributed by atoms with Crippen LogP contribution in [0.3, 0.4) is 0 Å². The summed E-state index contributed by atoms with van der Waals surface area (Å²) in [5, 5.41) is 0.104. The fraction of sp³-hybridized carbons (Fsp3) is 0.789. The summed E-state index contributed by atoms with van der Waals surface area (Å²) in [6.45, 7) is 11.0. The summed E-state index contributed by atoms with van der Waals surface area (Å²) in [5.74, 6) is 1.51. The fourth-order valence-electron chi connectivity index (χ4n) is 4.04. The maximum Gasteiger partial charge on any atom is 0.276 e. The molecule has 0 aliphatic carbocycles. The van der Waals surface area contributed by atoms with Gasteiger partial charge in [0.25, 0.3) is 10.0 Å². The smallest absolute Gasteiger partial charge is 0.276 e. The third-order valence-corrected chi connectivity index (χ3v) is 7.49. The third-order valence-electron chi connectivity index (χ3n) is 5.72. The van der Waals surface area contributed by atoms with E-state index in [1.165, 1.54) is 23.6 Å². The zero-order chi connectivity index (χ0) is 18.1. The van der Waals surface area contributed by atoms with Crippen molar-refractivity contribution in [2.75, 3.05) is 26.2 Å². The molecule has 3 heterocycles. The van der Waals surface area contributed by atoms with E-state index in [-0.39, 0.29) is 5.09 Å². The Morgan fingerprint density at radius 2 is 1.76 bits per heavy atom. The molecular weight excluding hydrogens is 336 g/mol. The van der Waals surface area contributed by atoms with Crippen molar-refractivity contribution in [2.24, 2.45) is 11.3 Å². The van der Waals surface area contributed by atoms with Crippen molar-refractivity contribution in [1.82, 2.24) is 9.21 Å². The zero-order valence-electron chi connectivity index (χ0n) is 15.8. The summed E-state index contributed by atoms with van der Waals surface area (Å²) in [5.41, 5.74) is 0.359. The van der Waals surface area contributed by atoms with Crippen LogP contribution in [-0.2, 0) is 16.6 Å². The molecule has 0 N–H and O–H groups in total. The zero-order valence-corrected chi connectivity index (χ0v) is 16.6. The lowest BCUT2D eigenvalue weighted by atomic mass is 9.77. The molecule has 0 saturated carbocycles. The van der Waals surface area contributed by atoms with Crippen molar-refractivity contribution < 1.29 is 12.8 Å². The number of furan rings is 1. The van der Waals surface area contributed by atoms with Gasteiger partial charge in [-0.2, -0.15) is 4.31 Å². The van der Waals surface area contributed by atoms with Gasteiger partial charge in [-0.05, 0) is 68.7 Å². The van der Waals surface area contributed by atoms with E-state index in [1.54, 1.807) is 6.07 Å². The number of rotatable bonds is 4. The van der Waals surface area contributed by atoms with Crippen molar-refractivity contribution >= 4 is 10.0 Å². The molecule has 1 aromatic rings.